The minimum atomic E-state index is -0.870. The van der Waals surface area contributed by atoms with Crippen LogP contribution < -0.4 is 5.32 Å². The van der Waals surface area contributed by atoms with Gasteiger partial charge < -0.3 is 20.3 Å². The van der Waals surface area contributed by atoms with E-state index < -0.39 is 5.54 Å². The van der Waals surface area contributed by atoms with Gasteiger partial charge in [0.1, 0.15) is 0 Å². The van der Waals surface area contributed by atoms with E-state index in [4.69, 9.17) is 4.74 Å². The van der Waals surface area contributed by atoms with E-state index >= 15 is 0 Å². The molecule has 0 spiro atoms. The summed E-state index contributed by atoms with van der Waals surface area (Å²) in [5.74, 6) is 0. The molecule has 0 saturated heterocycles. The van der Waals surface area contributed by atoms with Crippen LogP contribution in [0.3, 0.4) is 0 Å². The van der Waals surface area contributed by atoms with Crippen LogP contribution in [0.25, 0.3) is 32.3 Å². The summed E-state index contributed by atoms with van der Waals surface area (Å²) in [6.07, 6.45) is 0. The minimum absolute atomic E-state index is 0. The number of aliphatic hydroxyl groups is 2. The van der Waals surface area contributed by atoms with E-state index in [1.807, 2.05) is 13.0 Å². The molecule has 0 unspecified atom stereocenters. The number of rotatable bonds is 8. The van der Waals surface area contributed by atoms with Crippen LogP contribution in [-0.2, 0) is 11.3 Å². The molecule has 5 heteroatoms. The van der Waals surface area contributed by atoms with Crippen LogP contribution in [0.1, 0.15) is 12.5 Å². The van der Waals surface area contributed by atoms with Crippen molar-refractivity contribution in [1.82, 2.24) is 5.32 Å². The molecule has 30 heavy (non-hydrogen) atoms. The van der Waals surface area contributed by atoms with E-state index in [9.17, 15) is 10.2 Å². The van der Waals surface area contributed by atoms with Crippen molar-refractivity contribution in [3.8, 4) is 0 Å². The molecule has 0 aromatic heterocycles. The number of halogens is 1. The fourth-order valence-corrected chi connectivity index (χ4v) is 3.97. The summed E-state index contributed by atoms with van der Waals surface area (Å²) in [7, 11) is 0. The van der Waals surface area contributed by atoms with Gasteiger partial charge in [0.25, 0.3) is 0 Å². The zero-order valence-electron chi connectivity index (χ0n) is 17.1. The zero-order valence-corrected chi connectivity index (χ0v) is 17.9. The van der Waals surface area contributed by atoms with Crippen molar-refractivity contribution in [3.05, 3.63) is 72.3 Å². The summed E-state index contributed by atoms with van der Waals surface area (Å²) < 4.78 is 5.50. The lowest BCUT2D eigenvalue weighted by Crippen LogP contribution is -2.55. The van der Waals surface area contributed by atoms with Gasteiger partial charge in [-0.05, 0) is 50.9 Å². The van der Waals surface area contributed by atoms with Gasteiger partial charge in [-0.15, -0.1) is 12.4 Å². The highest BCUT2D eigenvalue weighted by molar-refractivity contribution is 6.18. The van der Waals surface area contributed by atoms with Gasteiger partial charge in [0.15, 0.2) is 0 Å². The Morgan fingerprint density at radius 2 is 1.43 bits per heavy atom. The molecule has 0 amide bonds. The Kier molecular flexibility index (Phi) is 7.29. The summed E-state index contributed by atoms with van der Waals surface area (Å²) in [6.45, 7) is 2.82. The molecule has 158 valence electrons. The third-order valence-electron chi connectivity index (χ3n) is 5.69. The van der Waals surface area contributed by atoms with Crippen molar-refractivity contribution in [1.29, 1.82) is 0 Å². The van der Waals surface area contributed by atoms with E-state index in [1.54, 1.807) is 0 Å². The van der Waals surface area contributed by atoms with Gasteiger partial charge in [0.2, 0.25) is 0 Å². The summed E-state index contributed by atoms with van der Waals surface area (Å²) in [6, 6.07) is 23.4. The lowest BCUT2D eigenvalue weighted by atomic mass is 9.93. The lowest BCUT2D eigenvalue weighted by Gasteiger charge is -2.31. The number of ether oxygens (including phenoxy) is 1. The quantitative estimate of drug-likeness (QED) is 0.366. The summed E-state index contributed by atoms with van der Waals surface area (Å²) >= 11 is 0. The topological polar surface area (TPSA) is 61.7 Å². The summed E-state index contributed by atoms with van der Waals surface area (Å²) in [4.78, 5) is 0. The Labute approximate surface area is 182 Å². The van der Waals surface area contributed by atoms with E-state index in [2.05, 4.69) is 66.0 Å². The molecule has 0 aliphatic carbocycles. The number of aliphatic hydroxyl groups excluding tert-OH is 2. The second-order valence-corrected chi connectivity index (χ2v) is 7.55. The molecule has 4 nitrogen and oxygen atoms in total. The number of fused-ring (bicyclic) bond motifs is 5. The second kappa shape index (κ2) is 9.73. The SMILES string of the molecule is CCOCC(CO)(CO)NCc1cc2c3ccccc3ccc2c2ccccc12.Cl. The van der Waals surface area contributed by atoms with Gasteiger partial charge in [-0.25, -0.2) is 0 Å². The minimum Gasteiger partial charge on any atom is -0.394 e. The first-order valence-corrected chi connectivity index (χ1v) is 10.1. The van der Waals surface area contributed by atoms with Crippen LogP contribution in [-0.4, -0.2) is 42.2 Å². The van der Waals surface area contributed by atoms with Gasteiger partial charge in [0.05, 0.1) is 25.4 Å². The van der Waals surface area contributed by atoms with Crippen LogP contribution in [0.2, 0.25) is 0 Å². The normalized spacial score (nSPS) is 11.8. The predicted octanol–water partition coefficient (Wildman–Crippen LogP) is 4.42. The van der Waals surface area contributed by atoms with Gasteiger partial charge >= 0.3 is 0 Å². The van der Waals surface area contributed by atoms with E-state index in [1.165, 1.54) is 32.3 Å². The number of benzene rings is 4. The van der Waals surface area contributed by atoms with Crippen molar-refractivity contribution in [2.24, 2.45) is 0 Å². The molecular formula is C25H28ClNO3. The molecule has 0 heterocycles. The highest BCUT2D eigenvalue weighted by Gasteiger charge is 2.28. The maximum absolute atomic E-state index is 9.91. The molecule has 0 radical (unpaired) electrons. The Hall–Kier alpha value is -2.21. The molecule has 4 aromatic rings. The zero-order chi connectivity index (χ0) is 20.3. The smallest absolute Gasteiger partial charge is 0.0886 e. The van der Waals surface area contributed by atoms with Crippen LogP contribution in [0.15, 0.2) is 66.7 Å². The molecule has 0 saturated carbocycles. The fraction of sp³-hybridized carbons (Fsp3) is 0.280. The molecule has 4 aromatic carbocycles. The summed E-state index contributed by atoms with van der Waals surface area (Å²) in [5, 5.41) is 30.4. The van der Waals surface area contributed by atoms with Crippen LogP contribution in [0.5, 0.6) is 0 Å². The van der Waals surface area contributed by atoms with E-state index in [0.717, 1.165) is 5.56 Å². The molecule has 0 aliphatic rings. The third kappa shape index (κ3) is 4.15. The highest BCUT2D eigenvalue weighted by atomic mass is 35.5. The Bertz CT molecular complexity index is 1140. The highest BCUT2D eigenvalue weighted by Crippen LogP contribution is 2.33. The first-order valence-electron chi connectivity index (χ1n) is 10.1. The van der Waals surface area contributed by atoms with Crippen molar-refractivity contribution < 1.29 is 14.9 Å². The molecule has 0 aliphatic heterocycles. The average Bonchev–Trinajstić information content (AvgIpc) is 2.79. The summed E-state index contributed by atoms with van der Waals surface area (Å²) in [5.41, 5.74) is 0.261. The average molecular weight is 426 g/mol. The Morgan fingerprint density at radius 1 is 0.800 bits per heavy atom. The van der Waals surface area contributed by atoms with Crippen molar-refractivity contribution in [3.63, 3.8) is 0 Å². The second-order valence-electron chi connectivity index (χ2n) is 7.55. The first-order chi connectivity index (χ1) is 14.2. The largest absolute Gasteiger partial charge is 0.394 e. The molecular weight excluding hydrogens is 398 g/mol. The van der Waals surface area contributed by atoms with Crippen molar-refractivity contribution in [2.45, 2.75) is 19.0 Å². The van der Waals surface area contributed by atoms with Crippen molar-refractivity contribution >= 4 is 44.7 Å². The molecule has 4 rings (SSSR count). The number of hydrogen-bond acceptors (Lipinski definition) is 4. The van der Waals surface area contributed by atoms with E-state index in [0.29, 0.717) is 13.2 Å². The fourth-order valence-electron chi connectivity index (χ4n) is 3.97. The van der Waals surface area contributed by atoms with Gasteiger partial charge in [0, 0.05) is 13.2 Å². The van der Waals surface area contributed by atoms with Crippen LogP contribution in [0.4, 0.5) is 0 Å². The molecule has 3 N–H and O–H groups in total. The predicted molar refractivity (Wildman–Crippen MR) is 126 cm³/mol. The number of nitrogens with one attached hydrogen (secondary N) is 1. The Morgan fingerprint density at radius 3 is 2.13 bits per heavy atom. The van der Waals surface area contributed by atoms with E-state index in [-0.39, 0.29) is 32.2 Å². The maximum Gasteiger partial charge on any atom is 0.0886 e. The van der Waals surface area contributed by atoms with Crippen molar-refractivity contribution in [2.75, 3.05) is 26.4 Å². The monoisotopic (exact) mass is 425 g/mol. The number of hydrogen-bond donors (Lipinski definition) is 3. The lowest BCUT2D eigenvalue weighted by molar-refractivity contribution is 0.00757. The molecule has 0 atom stereocenters. The third-order valence-corrected chi connectivity index (χ3v) is 5.69. The maximum atomic E-state index is 9.91. The van der Waals surface area contributed by atoms with Crippen LogP contribution >= 0.6 is 12.4 Å². The molecule has 0 fully saturated rings. The molecule has 0 bridgehead atoms. The van der Waals surface area contributed by atoms with Crippen LogP contribution in [0, 0.1) is 0 Å². The van der Waals surface area contributed by atoms with Gasteiger partial charge in [-0.2, -0.15) is 0 Å². The Balaban J connectivity index is 0.00000256. The van der Waals surface area contributed by atoms with Gasteiger partial charge in [-0.1, -0.05) is 60.7 Å². The standard InChI is InChI=1S/C25H27NO3.ClH/c1-2-29-17-25(15-27,16-28)26-14-19-13-24-20-8-4-3-7-18(20)11-12-23(24)22-10-6-5-9-21(19)22;/h3-13,26-28H,2,14-17H2,1H3;1H. The first kappa shape index (κ1) is 22.5. The van der Waals surface area contributed by atoms with Gasteiger partial charge in [-0.3, -0.25) is 0 Å².